The molecule has 0 spiro atoms. The summed E-state index contributed by atoms with van der Waals surface area (Å²) >= 11 is 1.20. The van der Waals surface area contributed by atoms with Gasteiger partial charge in [-0.25, -0.2) is 4.98 Å². The predicted octanol–water partition coefficient (Wildman–Crippen LogP) is 1.04. The van der Waals surface area contributed by atoms with Crippen molar-refractivity contribution in [3.05, 3.63) is 27.1 Å². The Hall–Kier alpha value is -1.73. The summed E-state index contributed by atoms with van der Waals surface area (Å²) in [6, 6.07) is 0. The third-order valence-electron chi connectivity index (χ3n) is 3.09. The lowest BCUT2D eigenvalue weighted by atomic mass is 9.95. The quantitative estimate of drug-likeness (QED) is 0.785. The number of aromatic nitrogens is 2. The molecule has 108 valence electrons. The average Bonchev–Trinajstić information content (AvgIpc) is 2.75. The molecule has 0 saturated carbocycles. The Bertz CT molecular complexity index is 702. The highest BCUT2D eigenvalue weighted by Crippen LogP contribution is 2.26. The molecule has 2 heterocycles. The fourth-order valence-corrected chi connectivity index (χ4v) is 2.82. The molecule has 0 aliphatic rings. The molecular weight excluding hydrogens is 278 g/mol. The molecule has 2 aromatic heterocycles. The van der Waals surface area contributed by atoms with E-state index in [-0.39, 0.29) is 23.5 Å². The molecule has 0 aliphatic heterocycles. The highest BCUT2D eigenvalue weighted by Gasteiger charge is 2.21. The van der Waals surface area contributed by atoms with E-state index < -0.39 is 0 Å². The van der Waals surface area contributed by atoms with Crippen LogP contribution in [0.4, 0.5) is 0 Å². The van der Waals surface area contributed by atoms with E-state index in [0.717, 1.165) is 0 Å². The molecule has 0 aromatic carbocycles. The Morgan fingerprint density at radius 1 is 1.55 bits per heavy atom. The van der Waals surface area contributed by atoms with E-state index in [0.29, 0.717) is 27.2 Å². The van der Waals surface area contributed by atoms with Crippen LogP contribution in [0.5, 0.6) is 0 Å². The van der Waals surface area contributed by atoms with Gasteiger partial charge in [-0.1, -0.05) is 13.8 Å². The Labute approximate surface area is 119 Å². The summed E-state index contributed by atoms with van der Waals surface area (Å²) in [5.41, 5.74) is 0.0211. The van der Waals surface area contributed by atoms with Crippen LogP contribution in [0.2, 0.25) is 0 Å². The minimum Gasteiger partial charge on any atom is -0.396 e. The number of carbonyl (C=O) groups excluding carboxylic acids is 1. The first-order chi connectivity index (χ1) is 9.35. The Morgan fingerprint density at radius 3 is 2.85 bits per heavy atom. The lowest BCUT2D eigenvalue weighted by Gasteiger charge is -2.21. The number of thiophene rings is 1. The normalized spacial score (nSPS) is 11.8. The van der Waals surface area contributed by atoms with Gasteiger partial charge in [0, 0.05) is 18.6 Å². The Balaban J connectivity index is 2.30. The number of carbonyl (C=O) groups is 1. The van der Waals surface area contributed by atoms with Crippen molar-refractivity contribution in [1.82, 2.24) is 15.3 Å². The molecular formula is C13H17N3O3S. The van der Waals surface area contributed by atoms with Gasteiger partial charge in [0.1, 0.15) is 4.83 Å². The summed E-state index contributed by atoms with van der Waals surface area (Å²) in [4.78, 5) is 31.6. The molecule has 1 amide bonds. The molecule has 0 atom stereocenters. The van der Waals surface area contributed by atoms with Crippen LogP contribution >= 0.6 is 11.3 Å². The Kier molecular flexibility index (Phi) is 3.92. The summed E-state index contributed by atoms with van der Waals surface area (Å²) in [6.07, 6.45) is 1.33. The maximum absolute atomic E-state index is 12.2. The zero-order valence-corrected chi connectivity index (χ0v) is 12.4. The number of aromatic amines is 1. The van der Waals surface area contributed by atoms with Crippen LogP contribution in [0.3, 0.4) is 0 Å². The predicted molar refractivity (Wildman–Crippen MR) is 78.2 cm³/mol. The second kappa shape index (κ2) is 5.34. The smallest absolute Gasteiger partial charge is 0.261 e. The molecule has 0 aliphatic carbocycles. The maximum atomic E-state index is 12.2. The third-order valence-corrected chi connectivity index (χ3v) is 4.29. The van der Waals surface area contributed by atoms with Gasteiger partial charge in [-0.15, -0.1) is 11.3 Å². The van der Waals surface area contributed by atoms with Gasteiger partial charge in [0.2, 0.25) is 0 Å². The number of aliphatic hydroxyl groups excluding tert-OH is 1. The fourth-order valence-electron chi connectivity index (χ4n) is 1.75. The molecule has 7 heteroatoms. The molecule has 0 bridgehead atoms. The van der Waals surface area contributed by atoms with E-state index >= 15 is 0 Å². The van der Waals surface area contributed by atoms with Crippen molar-refractivity contribution < 1.29 is 9.90 Å². The molecule has 2 aromatic rings. The number of aryl methyl sites for hydroxylation is 1. The summed E-state index contributed by atoms with van der Waals surface area (Å²) < 4.78 is 0. The first-order valence-electron chi connectivity index (χ1n) is 6.21. The SMILES string of the molecule is Cc1c(C(=O)NCC(C)(C)CO)sc2nc[nH]c(=O)c12. The van der Waals surface area contributed by atoms with Crippen molar-refractivity contribution in [1.29, 1.82) is 0 Å². The lowest BCUT2D eigenvalue weighted by Crippen LogP contribution is -2.35. The zero-order valence-electron chi connectivity index (χ0n) is 11.6. The molecule has 6 nitrogen and oxygen atoms in total. The van der Waals surface area contributed by atoms with Crippen LogP contribution in [0, 0.1) is 12.3 Å². The lowest BCUT2D eigenvalue weighted by molar-refractivity contribution is 0.0914. The first kappa shape index (κ1) is 14.7. The van der Waals surface area contributed by atoms with E-state index in [1.165, 1.54) is 17.7 Å². The van der Waals surface area contributed by atoms with Crippen molar-refractivity contribution in [2.75, 3.05) is 13.2 Å². The van der Waals surface area contributed by atoms with E-state index in [4.69, 9.17) is 0 Å². The van der Waals surface area contributed by atoms with E-state index in [2.05, 4.69) is 15.3 Å². The van der Waals surface area contributed by atoms with Crippen LogP contribution in [0.15, 0.2) is 11.1 Å². The molecule has 0 fully saturated rings. The number of fused-ring (bicyclic) bond motifs is 1. The van der Waals surface area contributed by atoms with Crippen molar-refractivity contribution in [3.63, 3.8) is 0 Å². The molecule has 0 unspecified atom stereocenters. The topological polar surface area (TPSA) is 95.1 Å². The number of aliphatic hydroxyl groups is 1. The highest BCUT2D eigenvalue weighted by molar-refractivity contribution is 7.20. The minimum atomic E-state index is -0.379. The number of H-pyrrole nitrogens is 1. The van der Waals surface area contributed by atoms with Gasteiger partial charge < -0.3 is 15.4 Å². The van der Waals surface area contributed by atoms with Crippen LogP contribution in [-0.2, 0) is 0 Å². The third kappa shape index (κ3) is 2.73. The number of hydrogen-bond donors (Lipinski definition) is 3. The van der Waals surface area contributed by atoms with Gasteiger partial charge in [0.25, 0.3) is 11.5 Å². The summed E-state index contributed by atoms with van der Waals surface area (Å²) in [5.74, 6) is -0.244. The maximum Gasteiger partial charge on any atom is 0.261 e. The van der Waals surface area contributed by atoms with Gasteiger partial charge in [-0.3, -0.25) is 9.59 Å². The van der Waals surface area contributed by atoms with Crippen molar-refractivity contribution in [2.45, 2.75) is 20.8 Å². The van der Waals surface area contributed by atoms with Gasteiger partial charge in [-0.2, -0.15) is 0 Å². The first-order valence-corrected chi connectivity index (χ1v) is 7.03. The van der Waals surface area contributed by atoms with Crippen LogP contribution in [-0.4, -0.2) is 34.1 Å². The van der Waals surface area contributed by atoms with Crippen LogP contribution < -0.4 is 10.9 Å². The van der Waals surface area contributed by atoms with Gasteiger partial charge in [0.15, 0.2) is 0 Å². The molecule has 2 rings (SSSR count). The molecule has 20 heavy (non-hydrogen) atoms. The van der Waals surface area contributed by atoms with E-state index in [1.54, 1.807) is 6.92 Å². The van der Waals surface area contributed by atoms with Gasteiger partial charge >= 0.3 is 0 Å². The van der Waals surface area contributed by atoms with Gasteiger partial charge in [0.05, 0.1) is 16.6 Å². The van der Waals surface area contributed by atoms with Crippen molar-refractivity contribution in [3.8, 4) is 0 Å². The summed E-state index contributed by atoms with van der Waals surface area (Å²) in [7, 11) is 0. The largest absolute Gasteiger partial charge is 0.396 e. The number of nitrogens with one attached hydrogen (secondary N) is 2. The number of rotatable bonds is 4. The second-order valence-corrected chi connectivity index (χ2v) is 6.47. The van der Waals surface area contributed by atoms with Crippen molar-refractivity contribution in [2.24, 2.45) is 5.41 Å². The van der Waals surface area contributed by atoms with Crippen LogP contribution in [0.1, 0.15) is 29.1 Å². The average molecular weight is 295 g/mol. The highest BCUT2D eigenvalue weighted by atomic mass is 32.1. The van der Waals surface area contributed by atoms with Crippen LogP contribution in [0.25, 0.3) is 10.2 Å². The number of amides is 1. The van der Waals surface area contributed by atoms with Crippen molar-refractivity contribution >= 4 is 27.5 Å². The zero-order chi connectivity index (χ0) is 14.9. The standard InChI is InChI=1S/C13H17N3O3S/c1-7-8-10(18)15-6-16-12(8)20-9(7)11(19)14-4-13(2,3)5-17/h6,17H,4-5H2,1-3H3,(H,14,19)(H,15,16,18). The summed E-state index contributed by atoms with van der Waals surface area (Å²) in [6.45, 7) is 5.80. The fraction of sp³-hybridized carbons (Fsp3) is 0.462. The van der Waals surface area contributed by atoms with E-state index in [1.807, 2.05) is 13.8 Å². The Morgan fingerprint density at radius 2 is 2.25 bits per heavy atom. The van der Waals surface area contributed by atoms with E-state index in [9.17, 15) is 14.7 Å². The monoisotopic (exact) mass is 295 g/mol. The number of hydrogen-bond acceptors (Lipinski definition) is 5. The number of nitrogens with zero attached hydrogens (tertiary/aromatic N) is 1. The minimum absolute atomic E-state index is 0.0140. The second-order valence-electron chi connectivity index (χ2n) is 5.47. The summed E-state index contributed by atoms with van der Waals surface area (Å²) in [5, 5.41) is 12.4. The molecule has 0 radical (unpaired) electrons. The van der Waals surface area contributed by atoms with Gasteiger partial charge in [-0.05, 0) is 12.5 Å². The molecule has 0 saturated heterocycles. The molecule has 3 N–H and O–H groups in total.